The molecule has 4 nitrogen and oxygen atoms in total. The van der Waals surface area contributed by atoms with Crippen LogP contribution in [-0.2, 0) is 17.8 Å². The monoisotopic (exact) mass is 291 g/mol. The molecule has 1 saturated heterocycles. The van der Waals surface area contributed by atoms with Crippen molar-refractivity contribution in [3.63, 3.8) is 0 Å². The zero-order valence-electron chi connectivity index (χ0n) is 11.9. The number of aromatic nitrogens is 2. The summed E-state index contributed by atoms with van der Waals surface area (Å²) in [5, 5.41) is 4.23. The van der Waals surface area contributed by atoms with Crippen LogP contribution in [0, 0.1) is 0 Å². The van der Waals surface area contributed by atoms with Gasteiger partial charge in [-0.3, -0.25) is 9.58 Å². The molecule has 5 heteroatoms. The van der Waals surface area contributed by atoms with Gasteiger partial charge in [0.05, 0.1) is 12.6 Å². The fourth-order valence-electron chi connectivity index (χ4n) is 2.51. The smallest absolute Gasteiger partial charge is 0.0917 e. The summed E-state index contributed by atoms with van der Waals surface area (Å²) in [6, 6.07) is 6.44. The predicted octanol–water partition coefficient (Wildman–Crippen LogP) is 2.93. The molecule has 0 saturated carbocycles. The van der Waals surface area contributed by atoms with Gasteiger partial charge < -0.3 is 4.74 Å². The first-order valence-electron chi connectivity index (χ1n) is 7.17. The second-order valence-electron chi connectivity index (χ2n) is 5.31. The Hall–Kier alpha value is -1.17. The molecule has 1 aliphatic heterocycles. The molecule has 0 amide bonds. The maximum Gasteiger partial charge on any atom is 0.0917 e. The lowest BCUT2D eigenvalue weighted by atomic mass is 10.2. The van der Waals surface area contributed by atoms with Crippen LogP contribution in [0.15, 0.2) is 30.6 Å². The van der Waals surface area contributed by atoms with Crippen molar-refractivity contribution in [1.29, 1.82) is 0 Å². The summed E-state index contributed by atoms with van der Waals surface area (Å²) in [6.07, 6.45) is 6.56. The molecule has 0 radical (unpaired) electrons. The summed E-state index contributed by atoms with van der Waals surface area (Å²) in [5.41, 5.74) is 0. The summed E-state index contributed by atoms with van der Waals surface area (Å²) >= 11 is 1.89. The molecule has 0 unspecified atom stereocenters. The highest BCUT2D eigenvalue weighted by molar-refractivity contribution is 7.12. The number of nitrogens with zero attached hydrogens (tertiary/aromatic N) is 3. The van der Waals surface area contributed by atoms with E-state index in [1.807, 2.05) is 34.5 Å². The molecule has 3 heterocycles. The zero-order valence-corrected chi connectivity index (χ0v) is 12.7. The highest BCUT2D eigenvalue weighted by Gasteiger charge is 2.19. The summed E-state index contributed by atoms with van der Waals surface area (Å²) in [7, 11) is 2.16. The number of hydrogen-bond donors (Lipinski definition) is 0. The van der Waals surface area contributed by atoms with Crippen molar-refractivity contribution in [2.24, 2.45) is 0 Å². The van der Waals surface area contributed by atoms with Crippen LogP contribution in [0.25, 0.3) is 0 Å². The van der Waals surface area contributed by atoms with Gasteiger partial charge in [0, 0.05) is 41.8 Å². The van der Waals surface area contributed by atoms with Crippen LogP contribution in [0.4, 0.5) is 0 Å². The topological polar surface area (TPSA) is 30.3 Å². The van der Waals surface area contributed by atoms with Crippen LogP contribution in [0.2, 0.25) is 0 Å². The first-order chi connectivity index (χ1) is 9.81. The van der Waals surface area contributed by atoms with Crippen LogP contribution in [-0.4, -0.2) is 34.9 Å². The third-order valence-corrected chi connectivity index (χ3v) is 4.79. The molecule has 0 bridgehead atoms. The van der Waals surface area contributed by atoms with Crippen molar-refractivity contribution in [1.82, 2.24) is 14.7 Å². The lowest BCUT2D eigenvalue weighted by Crippen LogP contribution is -2.22. The van der Waals surface area contributed by atoms with E-state index in [-0.39, 0.29) is 0 Å². The molecule has 0 aromatic carbocycles. The van der Waals surface area contributed by atoms with Crippen LogP contribution in [0.5, 0.6) is 0 Å². The summed E-state index contributed by atoms with van der Waals surface area (Å²) in [4.78, 5) is 5.14. The first-order valence-corrected chi connectivity index (χ1v) is 7.99. The van der Waals surface area contributed by atoms with E-state index in [0.717, 1.165) is 26.2 Å². The van der Waals surface area contributed by atoms with E-state index in [1.165, 1.54) is 22.6 Å². The van der Waals surface area contributed by atoms with E-state index < -0.39 is 0 Å². The standard InChI is InChI=1S/C15H21N3OS/c1-17(9-10-18-8-3-7-16-18)12-13-5-6-15(20-13)14-4-2-11-19-14/h3,5-8,14H,2,4,9-12H2,1H3/t14-/m0/s1. The van der Waals surface area contributed by atoms with Crippen LogP contribution in [0.1, 0.15) is 28.7 Å². The lowest BCUT2D eigenvalue weighted by Gasteiger charge is -2.15. The zero-order chi connectivity index (χ0) is 13.8. The molecule has 0 N–H and O–H groups in total. The third-order valence-electron chi connectivity index (χ3n) is 3.63. The van der Waals surface area contributed by atoms with Crippen molar-refractivity contribution >= 4 is 11.3 Å². The highest BCUT2D eigenvalue weighted by atomic mass is 32.1. The number of thiophene rings is 1. The molecule has 2 aromatic heterocycles. The summed E-state index contributed by atoms with van der Waals surface area (Å²) in [6.45, 7) is 3.86. The van der Waals surface area contributed by atoms with Gasteiger partial charge in [-0.05, 0) is 38.1 Å². The quantitative estimate of drug-likeness (QED) is 0.820. The Bertz CT molecular complexity index is 517. The van der Waals surface area contributed by atoms with E-state index in [9.17, 15) is 0 Å². The van der Waals surface area contributed by atoms with Crippen molar-refractivity contribution in [2.75, 3.05) is 20.2 Å². The molecule has 0 aliphatic carbocycles. The number of rotatable bonds is 6. The Kier molecular flexibility index (Phi) is 4.50. The number of ether oxygens (including phenoxy) is 1. The Labute approximate surface area is 124 Å². The third kappa shape index (κ3) is 3.48. The number of likely N-dealkylation sites (N-methyl/N-ethyl adjacent to an activating group) is 1. The molecular formula is C15H21N3OS. The average Bonchev–Trinajstić information content (AvgIpc) is 3.18. The van der Waals surface area contributed by atoms with E-state index in [4.69, 9.17) is 4.74 Å². The minimum absolute atomic E-state index is 0.350. The fraction of sp³-hybridized carbons (Fsp3) is 0.533. The van der Waals surface area contributed by atoms with Gasteiger partial charge in [-0.15, -0.1) is 11.3 Å². The van der Waals surface area contributed by atoms with Crippen LogP contribution < -0.4 is 0 Å². The first kappa shape index (κ1) is 13.8. The SMILES string of the molecule is CN(CCn1cccn1)Cc1ccc([C@@H]2CCCO2)s1. The Morgan fingerprint density at radius 3 is 3.20 bits per heavy atom. The highest BCUT2D eigenvalue weighted by Crippen LogP contribution is 2.33. The van der Waals surface area contributed by atoms with E-state index >= 15 is 0 Å². The summed E-state index contributed by atoms with van der Waals surface area (Å²) in [5.74, 6) is 0. The van der Waals surface area contributed by atoms with E-state index in [2.05, 4.69) is 29.2 Å². The molecular weight excluding hydrogens is 270 g/mol. The molecule has 3 rings (SSSR count). The Morgan fingerprint density at radius 2 is 2.45 bits per heavy atom. The van der Waals surface area contributed by atoms with Gasteiger partial charge in [-0.1, -0.05) is 0 Å². The Morgan fingerprint density at radius 1 is 1.50 bits per heavy atom. The van der Waals surface area contributed by atoms with Gasteiger partial charge in [0.25, 0.3) is 0 Å². The minimum atomic E-state index is 0.350. The minimum Gasteiger partial charge on any atom is -0.373 e. The van der Waals surface area contributed by atoms with Gasteiger partial charge >= 0.3 is 0 Å². The average molecular weight is 291 g/mol. The van der Waals surface area contributed by atoms with Gasteiger partial charge in [-0.25, -0.2) is 0 Å². The molecule has 1 atom stereocenters. The Balaban J connectivity index is 1.49. The normalized spacial score (nSPS) is 19.0. The lowest BCUT2D eigenvalue weighted by molar-refractivity contribution is 0.114. The molecule has 0 spiro atoms. The van der Waals surface area contributed by atoms with Gasteiger partial charge in [0.15, 0.2) is 0 Å². The van der Waals surface area contributed by atoms with Crippen molar-refractivity contribution in [3.8, 4) is 0 Å². The molecule has 1 fully saturated rings. The van der Waals surface area contributed by atoms with Gasteiger partial charge in [-0.2, -0.15) is 5.10 Å². The maximum absolute atomic E-state index is 5.74. The largest absolute Gasteiger partial charge is 0.373 e. The van der Waals surface area contributed by atoms with Gasteiger partial charge in [0.2, 0.25) is 0 Å². The molecule has 20 heavy (non-hydrogen) atoms. The van der Waals surface area contributed by atoms with Crippen molar-refractivity contribution in [3.05, 3.63) is 40.3 Å². The predicted molar refractivity (Wildman–Crippen MR) is 80.8 cm³/mol. The second-order valence-corrected chi connectivity index (χ2v) is 6.51. The van der Waals surface area contributed by atoms with Gasteiger partial charge in [0.1, 0.15) is 0 Å². The molecule has 1 aliphatic rings. The van der Waals surface area contributed by atoms with Crippen LogP contribution >= 0.6 is 11.3 Å². The number of hydrogen-bond acceptors (Lipinski definition) is 4. The molecule has 108 valence electrons. The maximum atomic E-state index is 5.74. The van der Waals surface area contributed by atoms with Crippen LogP contribution in [0.3, 0.4) is 0 Å². The van der Waals surface area contributed by atoms with Crippen molar-refractivity contribution in [2.45, 2.75) is 32.0 Å². The summed E-state index contributed by atoms with van der Waals surface area (Å²) < 4.78 is 7.71. The van der Waals surface area contributed by atoms with Crippen molar-refractivity contribution < 1.29 is 4.74 Å². The fourth-order valence-corrected chi connectivity index (χ4v) is 3.68. The molecule has 2 aromatic rings. The van der Waals surface area contributed by atoms with E-state index in [0.29, 0.717) is 6.10 Å². The van der Waals surface area contributed by atoms with E-state index in [1.54, 1.807) is 0 Å². The second kappa shape index (κ2) is 6.52.